The van der Waals surface area contributed by atoms with E-state index in [1.807, 2.05) is 0 Å². The van der Waals surface area contributed by atoms with E-state index in [-0.39, 0.29) is 5.41 Å². The Balaban J connectivity index is 1.02. The van der Waals surface area contributed by atoms with Gasteiger partial charge in [0.05, 0.1) is 27.8 Å². The Morgan fingerprint density at radius 1 is 0.348 bits per heavy atom. The number of fused-ring (bicyclic) bond motifs is 10. The molecule has 312 valence electrons. The summed E-state index contributed by atoms with van der Waals surface area (Å²) in [5.74, 6) is 0. The minimum atomic E-state index is -0.190. The van der Waals surface area contributed by atoms with Gasteiger partial charge >= 0.3 is 0 Å². The van der Waals surface area contributed by atoms with Gasteiger partial charge in [0.1, 0.15) is 0 Å². The summed E-state index contributed by atoms with van der Waals surface area (Å²) in [6.45, 7) is 4.75. The van der Waals surface area contributed by atoms with Crippen LogP contribution in [0.5, 0.6) is 0 Å². The minimum Gasteiger partial charge on any atom is -0.310 e. The Hall–Kier alpha value is -8.40. The van der Waals surface area contributed by atoms with Crippen LogP contribution in [0, 0.1) is 0 Å². The zero-order chi connectivity index (χ0) is 43.9. The Morgan fingerprint density at radius 2 is 0.848 bits per heavy atom. The van der Waals surface area contributed by atoms with Gasteiger partial charge in [-0.3, -0.25) is 0 Å². The van der Waals surface area contributed by atoms with Crippen LogP contribution in [-0.4, -0.2) is 9.13 Å². The lowest BCUT2D eigenvalue weighted by Crippen LogP contribution is -2.20. The van der Waals surface area contributed by atoms with Crippen molar-refractivity contribution in [2.24, 2.45) is 0 Å². The van der Waals surface area contributed by atoms with Crippen molar-refractivity contribution in [1.29, 1.82) is 0 Å². The molecule has 0 spiro atoms. The first kappa shape index (κ1) is 38.1. The fourth-order valence-electron chi connectivity index (χ4n) is 11.2. The Bertz CT molecular complexity index is 3800. The second-order valence-electron chi connectivity index (χ2n) is 18.1. The SMILES string of the molecule is CC1(C)c2ccccc2-c2cccc(N(c3ccc(-c4ccccc4)cc3)c3ccc(-c4cccc5c4c4ccc6c7ccccc7n(-c7ccccc7)c6c4n5-c4ccccc4)cc3)c21. The highest BCUT2D eigenvalue weighted by atomic mass is 15.1. The van der Waals surface area contributed by atoms with Gasteiger partial charge in [0.25, 0.3) is 0 Å². The first-order valence-electron chi connectivity index (χ1n) is 22.9. The van der Waals surface area contributed by atoms with Crippen LogP contribution in [0.4, 0.5) is 17.1 Å². The summed E-state index contributed by atoms with van der Waals surface area (Å²) in [7, 11) is 0. The minimum absolute atomic E-state index is 0.190. The lowest BCUT2D eigenvalue weighted by Gasteiger charge is -2.32. The van der Waals surface area contributed by atoms with Crippen LogP contribution in [0.3, 0.4) is 0 Å². The van der Waals surface area contributed by atoms with Crippen LogP contribution in [0.2, 0.25) is 0 Å². The second-order valence-corrected chi connectivity index (χ2v) is 18.1. The van der Waals surface area contributed by atoms with Crippen molar-refractivity contribution in [3.63, 3.8) is 0 Å². The molecule has 0 aliphatic heterocycles. The molecule has 2 heterocycles. The molecule has 1 aliphatic rings. The fourth-order valence-corrected chi connectivity index (χ4v) is 11.2. The number of hydrogen-bond acceptors (Lipinski definition) is 1. The van der Waals surface area contributed by atoms with Gasteiger partial charge in [0.2, 0.25) is 0 Å². The molecule has 0 amide bonds. The van der Waals surface area contributed by atoms with Crippen molar-refractivity contribution in [1.82, 2.24) is 9.13 Å². The van der Waals surface area contributed by atoms with E-state index < -0.39 is 0 Å². The topological polar surface area (TPSA) is 13.1 Å². The van der Waals surface area contributed by atoms with E-state index in [1.165, 1.54) is 93.8 Å². The predicted octanol–water partition coefficient (Wildman–Crippen LogP) is 17.0. The highest BCUT2D eigenvalue weighted by Gasteiger charge is 2.38. The lowest BCUT2D eigenvalue weighted by atomic mass is 9.81. The number of hydrogen-bond donors (Lipinski definition) is 0. The van der Waals surface area contributed by atoms with Gasteiger partial charge in [-0.05, 0) is 111 Å². The van der Waals surface area contributed by atoms with Gasteiger partial charge < -0.3 is 14.0 Å². The second kappa shape index (κ2) is 14.8. The van der Waals surface area contributed by atoms with Crippen molar-refractivity contribution in [3.8, 4) is 44.8 Å². The molecule has 3 nitrogen and oxygen atoms in total. The molecule has 0 N–H and O–H groups in total. The monoisotopic (exact) mass is 843 g/mol. The summed E-state index contributed by atoms with van der Waals surface area (Å²) in [5, 5.41) is 4.95. The third-order valence-corrected chi connectivity index (χ3v) is 14.1. The number of rotatable bonds is 7. The first-order chi connectivity index (χ1) is 32.5. The highest BCUT2D eigenvalue weighted by Crippen LogP contribution is 2.54. The smallest absolute Gasteiger partial charge is 0.0789 e. The standard InChI is InChI=1S/C63H45N3/c1-63(2)55-28-14-12-24-50(55)52-27-17-31-58(60(52)63)64(47-36-32-43(33-37-47)42-18-6-3-7-19-42)48-38-34-44(35-39-48)49-26-16-30-57-59(49)54-41-40-53-51-25-13-15-29-56(51)65(45-20-8-4-9-21-45)61(53)62(54)66(57)46-22-10-5-11-23-46/h3-41H,1-2H3. The summed E-state index contributed by atoms with van der Waals surface area (Å²) in [6.07, 6.45) is 0. The molecule has 0 fully saturated rings. The van der Waals surface area contributed by atoms with E-state index in [0.717, 1.165) is 22.7 Å². The molecule has 10 aromatic carbocycles. The summed E-state index contributed by atoms with van der Waals surface area (Å²) >= 11 is 0. The zero-order valence-corrected chi connectivity index (χ0v) is 36.9. The van der Waals surface area contributed by atoms with E-state index in [9.17, 15) is 0 Å². The van der Waals surface area contributed by atoms with Crippen molar-refractivity contribution in [2.75, 3.05) is 4.90 Å². The zero-order valence-electron chi connectivity index (χ0n) is 36.9. The number of benzene rings is 10. The summed E-state index contributed by atoms with van der Waals surface area (Å²) in [6, 6.07) is 86.7. The Kier molecular flexibility index (Phi) is 8.56. The molecule has 0 atom stereocenters. The van der Waals surface area contributed by atoms with E-state index in [2.05, 4.69) is 264 Å². The van der Waals surface area contributed by atoms with E-state index in [0.29, 0.717) is 0 Å². The van der Waals surface area contributed by atoms with Gasteiger partial charge in [-0.15, -0.1) is 0 Å². The quantitative estimate of drug-likeness (QED) is 0.156. The van der Waals surface area contributed by atoms with Crippen molar-refractivity contribution < 1.29 is 0 Å². The molecule has 3 heteroatoms. The van der Waals surface area contributed by atoms with Gasteiger partial charge in [-0.1, -0.05) is 184 Å². The molecule has 66 heavy (non-hydrogen) atoms. The molecule has 1 aliphatic carbocycles. The summed E-state index contributed by atoms with van der Waals surface area (Å²) < 4.78 is 4.95. The molecular weight excluding hydrogens is 799 g/mol. The number of anilines is 3. The van der Waals surface area contributed by atoms with Crippen LogP contribution in [-0.2, 0) is 5.41 Å². The Labute approximate surface area is 384 Å². The highest BCUT2D eigenvalue weighted by molar-refractivity contribution is 6.26. The molecule has 2 aromatic heterocycles. The molecule has 0 unspecified atom stereocenters. The molecule has 0 saturated carbocycles. The third kappa shape index (κ3) is 5.70. The maximum atomic E-state index is 2.49. The van der Waals surface area contributed by atoms with Gasteiger partial charge in [0.15, 0.2) is 0 Å². The van der Waals surface area contributed by atoms with Crippen LogP contribution in [0.15, 0.2) is 237 Å². The Morgan fingerprint density at radius 3 is 1.56 bits per heavy atom. The molecule has 0 saturated heterocycles. The molecule has 13 rings (SSSR count). The molecule has 12 aromatic rings. The fraction of sp³-hybridized carbons (Fsp3) is 0.0476. The van der Waals surface area contributed by atoms with Crippen molar-refractivity contribution in [2.45, 2.75) is 19.3 Å². The third-order valence-electron chi connectivity index (χ3n) is 14.1. The van der Waals surface area contributed by atoms with Crippen LogP contribution in [0.25, 0.3) is 88.4 Å². The van der Waals surface area contributed by atoms with Crippen LogP contribution in [0.1, 0.15) is 25.0 Å². The molecular formula is C63H45N3. The van der Waals surface area contributed by atoms with E-state index in [1.54, 1.807) is 0 Å². The van der Waals surface area contributed by atoms with Gasteiger partial charge in [0, 0.05) is 49.7 Å². The van der Waals surface area contributed by atoms with Crippen LogP contribution < -0.4 is 4.90 Å². The van der Waals surface area contributed by atoms with Gasteiger partial charge in [-0.2, -0.15) is 0 Å². The van der Waals surface area contributed by atoms with Gasteiger partial charge in [-0.25, -0.2) is 0 Å². The summed E-state index contributed by atoms with van der Waals surface area (Å²) in [4.78, 5) is 2.46. The number of para-hydroxylation sites is 3. The van der Waals surface area contributed by atoms with Crippen LogP contribution >= 0.6 is 0 Å². The van der Waals surface area contributed by atoms with Crippen molar-refractivity contribution >= 4 is 60.7 Å². The number of nitrogens with zero attached hydrogens (tertiary/aromatic N) is 3. The predicted molar refractivity (Wildman–Crippen MR) is 278 cm³/mol. The van der Waals surface area contributed by atoms with E-state index in [4.69, 9.17) is 0 Å². The largest absolute Gasteiger partial charge is 0.310 e. The van der Waals surface area contributed by atoms with Crippen molar-refractivity contribution in [3.05, 3.63) is 248 Å². The number of aromatic nitrogens is 2. The van der Waals surface area contributed by atoms with E-state index >= 15 is 0 Å². The molecule has 0 bridgehead atoms. The molecule has 0 radical (unpaired) electrons. The maximum absolute atomic E-state index is 2.49. The summed E-state index contributed by atoms with van der Waals surface area (Å²) in [5.41, 5.74) is 20.4. The maximum Gasteiger partial charge on any atom is 0.0789 e. The normalized spacial score (nSPS) is 12.8. The average Bonchev–Trinajstić information content (AvgIpc) is 3.99. The average molecular weight is 844 g/mol. The lowest BCUT2D eigenvalue weighted by molar-refractivity contribution is 0.661. The first-order valence-corrected chi connectivity index (χ1v) is 22.9.